The van der Waals surface area contributed by atoms with Gasteiger partial charge in [-0.1, -0.05) is 29.3 Å². The Labute approximate surface area is 125 Å². The molecule has 0 radical (unpaired) electrons. The van der Waals surface area contributed by atoms with Gasteiger partial charge in [-0.25, -0.2) is 0 Å². The van der Waals surface area contributed by atoms with Crippen molar-refractivity contribution in [3.8, 4) is 0 Å². The summed E-state index contributed by atoms with van der Waals surface area (Å²) in [5, 5.41) is 0.746. The molecule has 0 unspecified atom stereocenters. The van der Waals surface area contributed by atoms with E-state index in [2.05, 4.69) is 30.0 Å². The summed E-state index contributed by atoms with van der Waals surface area (Å²) in [4.78, 5) is 2.40. The maximum absolute atomic E-state index is 6.08. The van der Waals surface area contributed by atoms with Crippen molar-refractivity contribution >= 4 is 23.0 Å². The first kappa shape index (κ1) is 13.3. The summed E-state index contributed by atoms with van der Waals surface area (Å²) < 4.78 is 0. The number of fused-ring (bicyclic) bond motifs is 1. The summed E-state index contributed by atoms with van der Waals surface area (Å²) in [7, 11) is 0. The normalized spacial score (nSPS) is 14.2. The summed E-state index contributed by atoms with van der Waals surface area (Å²) >= 11 is 6.08. The molecular formula is C17H19ClN2. The van der Waals surface area contributed by atoms with Gasteiger partial charge in [-0.3, -0.25) is 0 Å². The van der Waals surface area contributed by atoms with E-state index in [1.807, 2.05) is 18.2 Å². The molecule has 0 aromatic heterocycles. The molecule has 3 rings (SSSR count). The number of nitrogens with zero attached hydrogens (tertiary/aromatic N) is 1. The van der Waals surface area contributed by atoms with Gasteiger partial charge in [-0.2, -0.15) is 0 Å². The Morgan fingerprint density at radius 2 is 2.05 bits per heavy atom. The van der Waals surface area contributed by atoms with E-state index in [4.69, 9.17) is 17.3 Å². The first-order valence-electron chi connectivity index (χ1n) is 7.02. The predicted molar refractivity (Wildman–Crippen MR) is 86.4 cm³/mol. The molecule has 1 aliphatic heterocycles. The van der Waals surface area contributed by atoms with Gasteiger partial charge in [0.2, 0.25) is 0 Å². The second-order valence-electron chi connectivity index (χ2n) is 5.50. The molecule has 1 aliphatic rings. The zero-order valence-electron chi connectivity index (χ0n) is 11.7. The van der Waals surface area contributed by atoms with Gasteiger partial charge in [0.15, 0.2) is 0 Å². The summed E-state index contributed by atoms with van der Waals surface area (Å²) in [5.74, 6) is 0. The van der Waals surface area contributed by atoms with E-state index in [0.29, 0.717) is 0 Å². The van der Waals surface area contributed by atoms with Crippen molar-refractivity contribution in [2.75, 3.05) is 17.2 Å². The zero-order chi connectivity index (χ0) is 14.1. The SMILES string of the molecule is Cc1ccc2c(c1)CCCN2Cc1cc(Cl)ccc1N. The summed E-state index contributed by atoms with van der Waals surface area (Å²) in [6.07, 6.45) is 2.36. The van der Waals surface area contributed by atoms with Crippen LogP contribution in [-0.4, -0.2) is 6.54 Å². The second-order valence-corrected chi connectivity index (χ2v) is 5.94. The number of rotatable bonds is 2. The van der Waals surface area contributed by atoms with Gasteiger partial charge < -0.3 is 10.6 Å². The van der Waals surface area contributed by atoms with E-state index in [0.717, 1.165) is 29.4 Å². The van der Waals surface area contributed by atoms with Gasteiger partial charge in [-0.05, 0) is 55.2 Å². The zero-order valence-corrected chi connectivity index (χ0v) is 12.5. The fraction of sp³-hybridized carbons (Fsp3) is 0.294. The molecule has 2 N–H and O–H groups in total. The van der Waals surface area contributed by atoms with E-state index >= 15 is 0 Å². The third-order valence-electron chi connectivity index (χ3n) is 3.92. The quantitative estimate of drug-likeness (QED) is 0.839. The average Bonchev–Trinajstić information content (AvgIpc) is 2.43. The Hall–Kier alpha value is -1.67. The third kappa shape index (κ3) is 2.61. The highest BCUT2D eigenvalue weighted by atomic mass is 35.5. The molecule has 0 atom stereocenters. The lowest BCUT2D eigenvalue weighted by Crippen LogP contribution is -2.29. The Balaban J connectivity index is 1.91. The molecule has 20 heavy (non-hydrogen) atoms. The third-order valence-corrected chi connectivity index (χ3v) is 4.15. The van der Waals surface area contributed by atoms with Crippen LogP contribution in [0.25, 0.3) is 0 Å². The van der Waals surface area contributed by atoms with Crippen molar-refractivity contribution in [1.82, 2.24) is 0 Å². The van der Waals surface area contributed by atoms with Crippen molar-refractivity contribution in [3.63, 3.8) is 0 Å². The summed E-state index contributed by atoms with van der Waals surface area (Å²) in [6.45, 7) is 4.04. The molecule has 0 saturated carbocycles. The number of halogens is 1. The number of hydrogen-bond acceptors (Lipinski definition) is 2. The molecule has 0 saturated heterocycles. The summed E-state index contributed by atoms with van der Waals surface area (Å²) in [5.41, 5.74) is 12.1. The van der Waals surface area contributed by atoms with E-state index < -0.39 is 0 Å². The topological polar surface area (TPSA) is 29.3 Å². The van der Waals surface area contributed by atoms with Gasteiger partial charge in [0, 0.05) is 29.5 Å². The number of hydrogen-bond donors (Lipinski definition) is 1. The van der Waals surface area contributed by atoms with Crippen LogP contribution in [0.4, 0.5) is 11.4 Å². The molecule has 0 amide bonds. The van der Waals surface area contributed by atoms with Crippen LogP contribution in [-0.2, 0) is 13.0 Å². The Kier molecular flexibility index (Phi) is 3.58. The van der Waals surface area contributed by atoms with Crippen LogP contribution in [0.1, 0.15) is 23.1 Å². The van der Waals surface area contributed by atoms with Gasteiger partial charge in [-0.15, -0.1) is 0 Å². The molecule has 2 aromatic rings. The Morgan fingerprint density at radius 3 is 2.90 bits per heavy atom. The first-order valence-corrected chi connectivity index (χ1v) is 7.39. The molecule has 2 aromatic carbocycles. The second kappa shape index (κ2) is 5.37. The molecule has 0 aliphatic carbocycles. The van der Waals surface area contributed by atoms with Gasteiger partial charge in [0.25, 0.3) is 0 Å². The smallest absolute Gasteiger partial charge is 0.0450 e. The van der Waals surface area contributed by atoms with Gasteiger partial charge in [0.1, 0.15) is 0 Å². The predicted octanol–water partition coefficient (Wildman–Crippen LogP) is 4.18. The highest BCUT2D eigenvalue weighted by molar-refractivity contribution is 6.30. The number of nitrogens with two attached hydrogens (primary N) is 1. The minimum Gasteiger partial charge on any atom is -0.398 e. The number of benzene rings is 2. The maximum Gasteiger partial charge on any atom is 0.0450 e. The van der Waals surface area contributed by atoms with Gasteiger partial charge in [0.05, 0.1) is 0 Å². The van der Waals surface area contributed by atoms with E-state index in [1.54, 1.807) is 0 Å². The monoisotopic (exact) mass is 286 g/mol. The number of aryl methyl sites for hydroxylation is 2. The van der Waals surface area contributed by atoms with Crippen LogP contribution in [0.2, 0.25) is 5.02 Å². The molecule has 0 bridgehead atoms. The molecule has 0 spiro atoms. The highest BCUT2D eigenvalue weighted by Gasteiger charge is 2.17. The minimum atomic E-state index is 0.746. The minimum absolute atomic E-state index is 0.746. The van der Waals surface area contributed by atoms with Crippen LogP contribution >= 0.6 is 11.6 Å². The van der Waals surface area contributed by atoms with Crippen LogP contribution < -0.4 is 10.6 Å². The maximum atomic E-state index is 6.08. The fourth-order valence-corrected chi connectivity index (χ4v) is 3.08. The van der Waals surface area contributed by atoms with Gasteiger partial charge >= 0.3 is 0 Å². The molecular weight excluding hydrogens is 268 g/mol. The lowest BCUT2D eigenvalue weighted by Gasteiger charge is -2.32. The molecule has 3 heteroatoms. The largest absolute Gasteiger partial charge is 0.398 e. The average molecular weight is 287 g/mol. The molecule has 0 fully saturated rings. The lowest BCUT2D eigenvalue weighted by molar-refractivity contribution is 0.691. The Morgan fingerprint density at radius 1 is 1.20 bits per heavy atom. The van der Waals surface area contributed by atoms with Crippen molar-refractivity contribution in [2.24, 2.45) is 0 Å². The highest BCUT2D eigenvalue weighted by Crippen LogP contribution is 2.30. The standard InChI is InChI=1S/C17H19ClN2/c1-12-4-7-17-13(9-12)3-2-8-20(17)11-14-10-15(18)5-6-16(14)19/h4-7,9-10H,2-3,8,11,19H2,1H3. The number of anilines is 2. The summed E-state index contributed by atoms with van der Waals surface area (Å²) in [6, 6.07) is 12.4. The van der Waals surface area contributed by atoms with Crippen LogP contribution in [0, 0.1) is 6.92 Å². The fourth-order valence-electron chi connectivity index (χ4n) is 2.88. The lowest BCUT2D eigenvalue weighted by atomic mass is 9.99. The van der Waals surface area contributed by atoms with Crippen molar-refractivity contribution in [2.45, 2.75) is 26.3 Å². The van der Waals surface area contributed by atoms with Crippen LogP contribution in [0.5, 0.6) is 0 Å². The van der Waals surface area contributed by atoms with Crippen LogP contribution in [0.3, 0.4) is 0 Å². The van der Waals surface area contributed by atoms with Crippen LogP contribution in [0.15, 0.2) is 36.4 Å². The first-order chi connectivity index (χ1) is 9.63. The van der Waals surface area contributed by atoms with E-state index in [1.165, 1.54) is 29.7 Å². The molecule has 104 valence electrons. The molecule has 2 nitrogen and oxygen atoms in total. The van der Waals surface area contributed by atoms with Crippen molar-refractivity contribution in [3.05, 3.63) is 58.1 Å². The number of nitrogen functional groups attached to an aromatic ring is 1. The van der Waals surface area contributed by atoms with E-state index in [-0.39, 0.29) is 0 Å². The van der Waals surface area contributed by atoms with E-state index in [9.17, 15) is 0 Å². The van der Waals surface area contributed by atoms with Crippen molar-refractivity contribution < 1.29 is 0 Å². The Bertz CT molecular complexity index is 637. The molecule has 1 heterocycles. The van der Waals surface area contributed by atoms with Crippen molar-refractivity contribution in [1.29, 1.82) is 0 Å².